The second-order valence-corrected chi connectivity index (χ2v) is 5.44. The molecule has 2 atom stereocenters. The average Bonchev–Trinajstić information content (AvgIpc) is 2.25. The SMILES string of the molecule is CCCC(OS(=O)(=O)OC(CCC)C(F)(F)F)C(F)(F)F. The summed E-state index contributed by atoms with van der Waals surface area (Å²) >= 11 is 0. The van der Waals surface area contributed by atoms with Gasteiger partial charge in [-0.2, -0.15) is 34.8 Å². The van der Waals surface area contributed by atoms with Crippen LogP contribution in [-0.4, -0.2) is 33.0 Å². The van der Waals surface area contributed by atoms with Crippen molar-refractivity contribution in [2.24, 2.45) is 0 Å². The summed E-state index contributed by atoms with van der Waals surface area (Å²) in [6, 6.07) is 0. The molecule has 0 heterocycles. The van der Waals surface area contributed by atoms with E-state index >= 15 is 0 Å². The van der Waals surface area contributed by atoms with Crippen LogP contribution in [0.4, 0.5) is 26.3 Å². The van der Waals surface area contributed by atoms with E-state index in [0.29, 0.717) is 0 Å². The average molecular weight is 346 g/mol. The highest BCUT2D eigenvalue weighted by Gasteiger charge is 2.47. The maximum Gasteiger partial charge on any atom is 0.416 e. The Hall–Kier alpha value is -0.550. The maximum absolute atomic E-state index is 12.5. The maximum atomic E-state index is 12.5. The minimum Gasteiger partial charge on any atom is -0.235 e. The van der Waals surface area contributed by atoms with Crippen LogP contribution in [0.3, 0.4) is 0 Å². The van der Waals surface area contributed by atoms with Crippen LogP contribution >= 0.6 is 0 Å². The van der Waals surface area contributed by atoms with Crippen molar-refractivity contribution in [1.29, 1.82) is 0 Å². The lowest BCUT2D eigenvalue weighted by molar-refractivity contribution is -0.210. The summed E-state index contributed by atoms with van der Waals surface area (Å²) in [6.45, 7) is 2.68. The van der Waals surface area contributed by atoms with E-state index in [0.717, 1.165) is 0 Å². The quantitative estimate of drug-likeness (QED) is 0.629. The van der Waals surface area contributed by atoms with Gasteiger partial charge in [-0.1, -0.05) is 26.7 Å². The Morgan fingerprint density at radius 2 is 1.10 bits per heavy atom. The summed E-state index contributed by atoms with van der Waals surface area (Å²) < 4.78 is 105. The second-order valence-electron chi connectivity index (χ2n) is 4.24. The first-order chi connectivity index (χ1) is 9.33. The van der Waals surface area contributed by atoms with Crippen LogP contribution in [0.25, 0.3) is 0 Å². The number of hydrogen-bond acceptors (Lipinski definition) is 4. The van der Waals surface area contributed by atoms with E-state index in [1.165, 1.54) is 13.8 Å². The van der Waals surface area contributed by atoms with Crippen molar-refractivity contribution in [1.82, 2.24) is 0 Å². The molecular weight excluding hydrogens is 330 g/mol. The molecular formula is C10H16F6O4S. The summed E-state index contributed by atoms with van der Waals surface area (Å²) in [6.07, 6.45) is -17.1. The second kappa shape index (κ2) is 7.63. The van der Waals surface area contributed by atoms with Crippen molar-refractivity contribution in [3.63, 3.8) is 0 Å². The molecule has 0 radical (unpaired) electrons. The van der Waals surface area contributed by atoms with E-state index < -0.39 is 47.8 Å². The molecule has 4 nitrogen and oxygen atoms in total. The third kappa shape index (κ3) is 7.86. The highest BCUT2D eigenvalue weighted by atomic mass is 32.3. The van der Waals surface area contributed by atoms with Crippen LogP contribution in [0, 0.1) is 0 Å². The lowest BCUT2D eigenvalue weighted by Crippen LogP contribution is -2.38. The van der Waals surface area contributed by atoms with Crippen molar-refractivity contribution in [3.05, 3.63) is 0 Å². The molecule has 11 heteroatoms. The van der Waals surface area contributed by atoms with E-state index in [2.05, 4.69) is 8.37 Å². The molecule has 0 aromatic carbocycles. The molecule has 0 saturated carbocycles. The minimum absolute atomic E-state index is 0.0721. The van der Waals surface area contributed by atoms with Gasteiger partial charge in [0.2, 0.25) is 0 Å². The van der Waals surface area contributed by atoms with Gasteiger partial charge < -0.3 is 0 Å². The molecule has 0 aromatic heterocycles. The third-order valence-corrected chi connectivity index (χ3v) is 3.24. The van der Waals surface area contributed by atoms with E-state index in [1.54, 1.807) is 0 Å². The van der Waals surface area contributed by atoms with E-state index in [1.807, 2.05) is 0 Å². The van der Waals surface area contributed by atoms with Gasteiger partial charge in [0.1, 0.15) is 0 Å². The molecule has 0 fully saturated rings. The van der Waals surface area contributed by atoms with Crippen LogP contribution in [0.5, 0.6) is 0 Å². The van der Waals surface area contributed by atoms with Gasteiger partial charge in [0, 0.05) is 0 Å². The molecule has 0 aliphatic heterocycles. The van der Waals surface area contributed by atoms with Gasteiger partial charge in [-0.05, 0) is 12.8 Å². The van der Waals surface area contributed by atoms with Gasteiger partial charge in [-0.15, -0.1) is 0 Å². The fourth-order valence-electron chi connectivity index (χ4n) is 1.36. The molecule has 0 amide bonds. The summed E-state index contributed by atoms with van der Waals surface area (Å²) in [5, 5.41) is 0. The Kier molecular flexibility index (Phi) is 7.43. The van der Waals surface area contributed by atoms with Gasteiger partial charge in [0.25, 0.3) is 0 Å². The van der Waals surface area contributed by atoms with Crippen molar-refractivity contribution in [3.8, 4) is 0 Å². The predicted molar refractivity (Wildman–Crippen MR) is 60.6 cm³/mol. The standard InChI is InChI=1S/C10H16F6O4S/c1-3-5-7(9(11,12)13)19-21(17,18)20-8(6-4-2)10(14,15)16/h7-8H,3-6H2,1-2H3. The monoisotopic (exact) mass is 346 g/mol. The van der Waals surface area contributed by atoms with Crippen molar-refractivity contribution in [2.45, 2.75) is 64.1 Å². The van der Waals surface area contributed by atoms with E-state index in [9.17, 15) is 34.8 Å². The molecule has 21 heavy (non-hydrogen) atoms. The number of hydrogen-bond donors (Lipinski definition) is 0. The van der Waals surface area contributed by atoms with Gasteiger partial charge in [-0.3, -0.25) is 0 Å². The van der Waals surface area contributed by atoms with Crippen molar-refractivity contribution in [2.75, 3.05) is 0 Å². The van der Waals surface area contributed by atoms with E-state index in [-0.39, 0.29) is 12.8 Å². The Balaban J connectivity index is 5.03. The molecule has 0 aromatic rings. The van der Waals surface area contributed by atoms with Gasteiger partial charge in [-0.25, -0.2) is 8.37 Å². The Morgan fingerprint density at radius 3 is 1.29 bits per heavy atom. The summed E-state index contributed by atoms with van der Waals surface area (Å²) in [5.41, 5.74) is 0. The summed E-state index contributed by atoms with van der Waals surface area (Å²) in [5.74, 6) is 0. The highest BCUT2D eigenvalue weighted by molar-refractivity contribution is 7.81. The van der Waals surface area contributed by atoms with Gasteiger partial charge in [0.15, 0.2) is 12.2 Å². The number of alkyl halides is 6. The zero-order chi connectivity index (χ0) is 16.9. The molecule has 0 saturated heterocycles. The summed E-state index contributed by atoms with van der Waals surface area (Å²) in [4.78, 5) is 0. The smallest absolute Gasteiger partial charge is 0.235 e. The fraction of sp³-hybridized carbons (Fsp3) is 1.00. The van der Waals surface area contributed by atoms with Crippen molar-refractivity contribution < 1.29 is 43.1 Å². The molecule has 2 unspecified atom stereocenters. The topological polar surface area (TPSA) is 52.6 Å². The van der Waals surface area contributed by atoms with E-state index in [4.69, 9.17) is 0 Å². The lowest BCUT2D eigenvalue weighted by Gasteiger charge is -2.23. The Morgan fingerprint density at radius 1 is 0.810 bits per heavy atom. The highest BCUT2D eigenvalue weighted by Crippen LogP contribution is 2.31. The first-order valence-corrected chi connectivity index (χ1v) is 7.41. The largest absolute Gasteiger partial charge is 0.416 e. The predicted octanol–water partition coefficient (Wildman–Crippen LogP) is 3.73. The zero-order valence-corrected chi connectivity index (χ0v) is 12.1. The Bertz CT molecular complexity index is 371. The van der Waals surface area contributed by atoms with Crippen LogP contribution in [-0.2, 0) is 18.8 Å². The molecule has 0 N–H and O–H groups in total. The number of rotatable bonds is 8. The third-order valence-electron chi connectivity index (χ3n) is 2.30. The molecule has 128 valence electrons. The van der Waals surface area contributed by atoms with Gasteiger partial charge >= 0.3 is 22.8 Å². The molecule has 0 rings (SSSR count). The van der Waals surface area contributed by atoms with Crippen LogP contribution in [0.2, 0.25) is 0 Å². The van der Waals surface area contributed by atoms with Crippen LogP contribution in [0.1, 0.15) is 39.5 Å². The first kappa shape index (κ1) is 20.5. The molecule has 0 aliphatic carbocycles. The first-order valence-electron chi connectivity index (χ1n) is 6.08. The summed E-state index contributed by atoms with van der Waals surface area (Å²) in [7, 11) is -5.43. The van der Waals surface area contributed by atoms with Crippen LogP contribution in [0.15, 0.2) is 0 Å². The fourth-order valence-corrected chi connectivity index (χ4v) is 2.39. The van der Waals surface area contributed by atoms with Gasteiger partial charge in [0.05, 0.1) is 0 Å². The number of halogens is 6. The molecule has 0 bridgehead atoms. The Labute approximate surface area is 118 Å². The lowest BCUT2D eigenvalue weighted by atomic mass is 10.2. The zero-order valence-electron chi connectivity index (χ0n) is 11.3. The minimum atomic E-state index is -5.43. The van der Waals surface area contributed by atoms with Crippen molar-refractivity contribution >= 4 is 10.4 Å². The normalized spacial score (nSPS) is 16.8. The molecule has 0 aliphatic rings. The van der Waals surface area contributed by atoms with Crippen LogP contribution < -0.4 is 0 Å². The molecule has 0 spiro atoms.